The summed E-state index contributed by atoms with van der Waals surface area (Å²) in [5.41, 5.74) is 0.160. The predicted molar refractivity (Wildman–Crippen MR) is 113 cm³/mol. The van der Waals surface area contributed by atoms with Crippen LogP contribution in [0.3, 0.4) is 0 Å². The maximum absolute atomic E-state index is 13.8. The lowest BCUT2D eigenvalue weighted by atomic mass is 10.0. The van der Waals surface area contributed by atoms with Crippen LogP contribution < -0.4 is 10.2 Å². The van der Waals surface area contributed by atoms with Gasteiger partial charge in [-0.25, -0.2) is 9.37 Å². The standard InChI is InChI=1S/C20H25ClFN5OS/c21-14-10-16(22)17(23-11-14)12-24-19(28)18-13-25-20(29-18)27-8-4-15(5-9-27)26-6-2-1-3-7-26/h10-11,13,15H,1-9,12H2,(H,24,28). The van der Waals surface area contributed by atoms with E-state index in [1.54, 1.807) is 6.20 Å². The molecule has 29 heavy (non-hydrogen) atoms. The van der Waals surface area contributed by atoms with Crippen molar-refractivity contribution in [2.75, 3.05) is 31.1 Å². The summed E-state index contributed by atoms with van der Waals surface area (Å²) in [6.45, 7) is 4.41. The van der Waals surface area contributed by atoms with Crippen LogP contribution in [0.1, 0.15) is 47.5 Å². The Morgan fingerprint density at radius 1 is 1.17 bits per heavy atom. The van der Waals surface area contributed by atoms with E-state index in [1.807, 2.05) is 0 Å². The SMILES string of the molecule is O=C(NCc1ncc(Cl)cc1F)c1cnc(N2CCC(N3CCCCC3)CC2)s1. The van der Waals surface area contributed by atoms with Crippen molar-refractivity contribution in [1.29, 1.82) is 0 Å². The van der Waals surface area contributed by atoms with Crippen LogP contribution in [0.15, 0.2) is 18.5 Å². The van der Waals surface area contributed by atoms with Crippen LogP contribution in [0.4, 0.5) is 9.52 Å². The van der Waals surface area contributed by atoms with E-state index in [4.69, 9.17) is 11.6 Å². The van der Waals surface area contributed by atoms with E-state index in [9.17, 15) is 9.18 Å². The van der Waals surface area contributed by atoms with Crippen LogP contribution in [-0.2, 0) is 6.54 Å². The third-order valence-corrected chi connectivity index (χ3v) is 6.92. The van der Waals surface area contributed by atoms with Gasteiger partial charge in [0.2, 0.25) is 0 Å². The highest BCUT2D eigenvalue weighted by Crippen LogP contribution is 2.28. The minimum atomic E-state index is -0.528. The fraction of sp³-hybridized carbons (Fsp3) is 0.550. The summed E-state index contributed by atoms with van der Waals surface area (Å²) in [5.74, 6) is -0.799. The number of likely N-dealkylation sites (tertiary alicyclic amines) is 1. The van der Waals surface area contributed by atoms with Gasteiger partial charge in [0, 0.05) is 25.3 Å². The average molecular weight is 438 g/mol. The molecule has 2 aromatic rings. The number of anilines is 1. The first-order valence-electron chi connectivity index (χ1n) is 10.1. The molecular weight excluding hydrogens is 413 g/mol. The van der Waals surface area contributed by atoms with Crippen molar-refractivity contribution in [2.45, 2.75) is 44.7 Å². The van der Waals surface area contributed by atoms with Gasteiger partial charge in [-0.05, 0) is 44.8 Å². The third-order valence-electron chi connectivity index (χ3n) is 5.66. The zero-order valence-electron chi connectivity index (χ0n) is 16.2. The maximum atomic E-state index is 13.8. The van der Waals surface area contributed by atoms with Crippen molar-refractivity contribution in [3.8, 4) is 0 Å². The Hall–Kier alpha value is -1.77. The van der Waals surface area contributed by atoms with Crippen LogP contribution in [0.5, 0.6) is 0 Å². The summed E-state index contributed by atoms with van der Waals surface area (Å²) in [6.07, 6.45) is 9.24. The van der Waals surface area contributed by atoms with Crippen molar-refractivity contribution >= 4 is 34.0 Å². The van der Waals surface area contributed by atoms with E-state index in [0.717, 1.165) is 31.1 Å². The second kappa shape index (κ2) is 9.36. The quantitative estimate of drug-likeness (QED) is 0.772. The van der Waals surface area contributed by atoms with E-state index < -0.39 is 5.82 Å². The van der Waals surface area contributed by atoms with Crippen molar-refractivity contribution in [2.24, 2.45) is 0 Å². The zero-order chi connectivity index (χ0) is 20.2. The summed E-state index contributed by atoms with van der Waals surface area (Å²) in [7, 11) is 0. The average Bonchev–Trinajstić information content (AvgIpc) is 3.24. The number of pyridine rings is 1. The van der Waals surface area contributed by atoms with Gasteiger partial charge >= 0.3 is 0 Å². The van der Waals surface area contributed by atoms with Gasteiger partial charge in [-0.1, -0.05) is 29.4 Å². The van der Waals surface area contributed by atoms with E-state index in [0.29, 0.717) is 10.9 Å². The van der Waals surface area contributed by atoms with Gasteiger partial charge < -0.3 is 15.1 Å². The normalized spacial score (nSPS) is 18.8. The van der Waals surface area contributed by atoms with Gasteiger partial charge in [0.05, 0.1) is 23.5 Å². The number of carbonyl (C=O) groups is 1. The molecule has 0 saturated carbocycles. The molecule has 2 fully saturated rings. The highest BCUT2D eigenvalue weighted by atomic mass is 35.5. The third kappa shape index (κ3) is 5.05. The largest absolute Gasteiger partial charge is 0.348 e. The lowest BCUT2D eigenvalue weighted by molar-refractivity contribution is 0.0954. The fourth-order valence-electron chi connectivity index (χ4n) is 4.05. The molecule has 0 unspecified atom stereocenters. The molecule has 0 atom stereocenters. The Labute approximate surface area is 179 Å². The highest BCUT2D eigenvalue weighted by Gasteiger charge is 2.27. The Balaban J connectivity index is 1.29. The first-order chi connectivity index (χ1) is 14.1. The van der Waals surface area contributed by atoms with E-state index in [1.165, 1.54) is 56.0 Å². The van der Waals surface area contributed by atoms with Crippen LogP contribution in [-0.4, -0.2) is 53.0 Å². The molecule has 0 aromatic carbocycles. The van der Waals surface area contributed by atoms with Crippen molar-refractivity contribution in [3.05, 3.63) is 39.9 Å². The number of carbonyl (C=O) groups excluding carboxylic acids is 1. The molecule has 2 aliphatic heterocycles. The molecule has 6 nitrogen and oxygen atoms in total. The lowest BCUT2D eigenvalue weighted by Crippen LogP contribution is -2.46. The number of hydrogen-bond acceptors (Lipinski definition) is 6. The zero-order valence-corrected chi connectivity index (χ0v) is 17.8. The molecule has 0 bridgehead atoms. The molecule has 1 N–H and O–H groups in total. The molecule has 156 valence electrons. The Morgan fingerprint density at radius 3 is 2.66 bits per heavy atom. The molecule has 0 radical (unpaired) electrons. The smallest absolute Gasteiger partial charge is 0.263 e. The number of amides is 1. The number of rotatable bonds is 5. The van der Waals surface area contributed by atoms with Gasteiger partial charge in [-0.15, -0.1) is 0 Å². The molecule has 0 spiro atoms. The van der Waals surface area contributed by atoms with Crippen molar-refractivity contribution in [1.82, 2.24) is 20.2 Å². The summed E-state index contributed by atoms with van der Waals surface area (Å²) < 4.78 is 13.8. The van der Waals surface area contributed by atoms with Crippen molar-refractivity contribution < 1.29 is 9.18 Å². The number of aromatic nitrogens is 2. The molecule has 2 aliphatic rings. The first-order valence-corrected chi connectivity index (χ1v) is 11.3. The van der Waals surface area contributed by atoms with Crippen LogP contribution >= 0.6 is 22.9 Å². The number of halogens is 2. The van der Waals surface area contributed by atoms with E-state index in [-0.39, 0.29) is 23.2 Å². The van der Waals surface area contributed by atoms with Crippen LogP contribution in [0.25, 0.3) is 0 Å². The summed E-state index contributed by atoms with van der Waals surface area (Å²) >= 11 is 7.08. The van der Waals surface area contributed by atoms with Crippen LogP contribution in [0, 0.1) is 5.82 Å². The van der Waals surface area contributed by atoms with Crippen LogP contribution in [0.2, 0.25) is 5.02 Å². The van der Waals surface area contributed by atoms with Crippen molar-refractivity contribution in [3.63, 3.8) is 0 Å². The summed E-state index contributed by atoms with van der Waals surface area (Å²) in [5, 5.41) is 3.81. The van der Waals surface area contributed by atoms with Gasteiger partial charge in [-0.2, -0.15) is 0 Å². The predicted octanol–water partition coefficient (Wildman–Crippen LogP) is 3.72. The van der Waals surface area contributed by atoms with Gasteiger partial charge in [-0.3, -0.25) is 9.78 Å². The molecule has 4 rings (SSSR count). The van der Waals surface area contributed by atoms with E-state index in [2.05, 4.69) is 25.1 Å². The molecule has 4 heterocycles. The monoisotopic (exact) mass is 437 g/mol. The molecular formula is C20H25ClFN5OS. The second-order valence-corrected chi connectivity index (χ2v) is 9.03. The van der Waals surface area contributed by atoms with Gasteiger partial charge in [0.1, 0.15) is 10.7 Å². The highest BCUT2D eigenvalue weighted by molar-refractivity contribution is 7.17. The molecule has 2 aromatic heterocycles. The molecule has 0 aliphatic carbocycles. The second-order valence-electron chi connectivity index (χ2n) is 7.59. The Bertz CT molecular complexity index is 849. The summed E-state index contributed by atoms with van der Waals surface area (Å²) in [6, 6.07) is 1.87. The molecule has 9 heteroatoms. The topological polar surface area (TPSA) is 61.4 Å². The van der Waals surface area contributed by atoms with Gasteiger partial charge in [0.25, 0.3) is 5.91 Å². The fourth-order valence-corrected chi connectivity index (χ4v) is 5.07. The number of piperidine rings is 2. The lowest BCUT2D eigenvalue weighted by Gasteiger charge is -2.40. The maximum Gasteiger partial charge on any atom is 0.263 e. The molecule has 1 amide bonds. The molecule has 2 saturated heterocycles. The number of hydrogen-bond donors (Lipinski definition) is 1. The number of nitrogens with zero attached hydrogens (tertiary/aromatic N) is 4. The van der Waals surface area contributed by atoms with E-state index >= 15 is 0 Å². The Morgan fingerprint density at radius 2 is 1.93 bits per heavy atom. The minimum absolute atomic E-state index is 0.0102. The first kappa shape index (κ1) is 20.5. The number of nitrogens with one attached hydrogen (secondary N) is 1. The Kier molecular flexibility index (Phi) is 6.62. The summed E-state index contributed by atoms with van der Waals surface area (Å²) in [4.78, 5) is 26.2. The minimum Gasteiger partial charge on any atom is -0.348 e. The van der Waals surface area contributed by atoms with Gasteiger partial charge in [0.15, 0.2) is 5.13 Å². The number of thiazole rings is 1.